The van der Waals surface area contributed by atoms with E-state index in [1.54, 1.807) is 30.7 Å². The molecule has 1 aromatic carbocycles. The van der Waals surface area contributed by atoms with Crippen molar-refractivity contribution < 1.29 is 19.1 Å². The highest BCUT2D eigenvalue weighted by molar-refractivity contribution is 7.99. The summed E-state index contributed by atoms with van der Waals surface area (Å²) in [6.45, 7) is 2.07. The Labute approximate surface area is 128 Å². The standard InChI is InChI=1S/C15H19NO4S/c1-3-20-14(18)10-16-13(17)8-9-21-15(16)11-4-6-12(19-2)7-5-11/h4-7,15H,3,8-10H2,1-2H3. The van der Waals surface area contributed by atoms with E-state index in [2.05, 4.69) is 0 Å². The number of ether oxygens (including phenoxy) is 2. The van der Waals surface area contributed by atoms with Crippen molar-refractivity contribution in [3.05, 3.63) is 29.8 Å². The predicted molar refractivity (Wildman–Crippen MR) is 81.2 cm³/mol. The van der Waals surface area contributed by atoms with Gasteiger partial charge in [-0.2, -0.15) is 0 Å². The van der Waals surface area contributed by atoms with Crippen LogP contribution in [0.25, 0.3) is 0 Å². The molecule has 0 bridgehead atoms. The molecule has 0 radical (unpaired) electrons. The number of esters is 1. The molecule has 0 saturated carbocycles. The van der Waals surface area contributed by atoms with Crippen molar-refractivity contribution in [1.82, 2.24) is 4.90 Å². The van der Waals surface area contributed by atoms with Crippen LogP contribution in [0.2, 0.25) is 0 Å². The van der Waals surface area contributed by atoms with Crippen LogP contribution in [0.5, 0.6) is 5.75 Å². The molecule has 0 aromatic heterocycles. The minimum absolute atomic E-state index is 0.00360. The van der Waals surface area contributed by atoms with Gasteiger partial charge in [0, 0.05) is 12.2 Å². The average molecular weight is 309 g/mol. The third kappa shape index (κ3) is 3.91. The lowest BCUT2D eigenvalue weighted by Gasteiger charge is -2.34. The third-order valence-corrected chi connectivity index (χ3v) is 4.48. The van der Waals surface area contributed by atoms with Gasteiger partial charge in [0.25, 0.3) is 0 Å². The summed E-state index contributed by atoms with van der Waals surface area (Å²) >= 11 is 1.66. The lowest BCUT2D eigenvalue weighted by atomic mass is 10.2. The van der Waals surface area contributed by atoms with Gasteiger partial charge in [-0.05, 0) is 24.6 Å². The largest absolute Gasteiger partial charge is 0.497 e. The van der Waals surface area contributed by atoms with Crippen molar-refractivity contribution in [2.45, 2.75) is 18.7 Å². The molecule has 0 spiro atoms. The van der Waals surface area contributed by atoms with Crippen LogP contribution in [0.15, 0.2) is 24.3 Å². The molecule has 1 saturated heterocycles. The van der Waals surface area contributed by atoms with Crippen LogP contribution >= 0.6 is 11.8 Å². The Morgan fingerprint density at radius 3 is 2.71 bits per heavy atom. The number of amides is 1. The molecule has 5 nitrogen and oxygen atoms in total. The van der Waals surface area contributed by atoms with Gasteiger partial charge in [-0.3, -0.25) is 9.59 Å². The van der Waals surface area contributed by atoms with E-state index in [0.29, 0.717) is 13.0 Å². The number of nitrogens with zero attached hydrogens (tertiary/aromatic N) is 1. The molecule has 1 unspecified atom stereocenters. The van der Waals surface area contributed by atoms with E-state index in [1.165, 1.54) is 0 Å². The highest BCUT2D eigenvalue weighted by Gasteiger charge is 2.31. The van der Waals surface area contributed by atoms with Crippen molar-refractivity contribution in [2.75, 3.05) is 26.0 Å². The Hall–Kier alpha value is -1.69. The molecule has 2 rings (SSSR count). The fourth-order valence-corrected chi connectivity index (χ4v) is 3.42. The number of rotatable bonds is 5. The second-order valence-corrected chi connectivity index (χ2v) is 5.76. The van der Waals surface area contributed by atoms with Gasteiger partial charge < -0.3 is 14.4 Å². The van der Waals surface area contributed by atoms with Gasteiger partial charge in [-0.25, -0.2) is 0 Å². The monoisotopic (exact) mass is 309 g/mol. The molecule has 1 fully saturated rings. The molecule has 21 heavy (non-hydrogen) atoms. The number of carbonyl (C=O) groups excluding carboxylic acids is 2. The van der Waals surface area contributed by atoms with E-state index in [4.69, 9.17) is 9.47 Å². The smallest absolute Gasteiger partial charge is 0.325 e. The first-order valence-electron chi connectivity index (χ1n) is 6.86. The fourth-order valence-electron chi connectivity index (χ4n) is 2.18. The maximum absolute atomic E-state index is 12.1. The van der Waals surface area contributed by atoms with Gasteiger partial charge in [0.05, 0.1) is 13.7 Å². The highest BCUT2D eigenvalue weighted by atomic mass is 32.2. The van der Waals surface area contributed by atoms with Crippen molar-refractivity contribution >= 4 is 23.6 Å². The maximum atomic E-state index is 12.1. The lowest BCUT2D eigenvalue weighted by molar-refractivity contribution is -0.149. The Morgan fingerprint density at radius 1 is 1.38 bits per heavy atom. The van der Waals surface area contributed by atoms with Crippen LogP contribution in [-0.4, -0.2) is 42.8 Å². The van der Waals surface area contributed by atoms with Crippen LogP contribution in [0.3, 0.4) is 0 Å². The van der Waals surface area contributed by atoms with Crippen molar-refractivity contribution in [3.63, 3.8) is 0 Å². The normalized spacial score (nSPS) is 18.5. The Morgan fingerprint density at radius 2 is 2.10 bits per heavy atom. The molecule has 1 atom stereocenters. The number of benzene rings is 1. The number of methoxy groups -OCH3 is 1. The number of carbonyl (C=O) groups is 2. The van der Waals surface area contributed by atoms with Crippen LogP contribution in [-0.2, 0) is 14.3 Å². The fraction of sp³-hybridized carbons (Fsp3) is 0.467. The maximum Gasteiger partial charge on any atom is 0.325 e. The first-order chi connectivity index (χ1) is 10.2. The summed E-state index contributed by atoms with van der Waals surface area (Å²) in [5, 5.41) is -0.151. The minimum atomic E-state index is -0.369. The molecule has 114 valence electrons. The predicted octanol–water partition coefficient (Wildman–Crippen LogP) is 2.22. The first-order valence-corrected chi connectivity index (χ1v) is 7.91. The van der Waals surface area contributed by atoms with Gasteiger partial charge in [-0.15, -0.1) is 11.8 Å². The van der Waals surface area contributed by atoms with E-state index in [9.17, 15) is 9.59 Å². The van der Waals surface area contributed by atoms with E-state index in [0.717, 1.165) is 17.1 Å². The van der Waals surface area contributed by atoms with E-state index >= 15 is 0 Å². The lowest BCUT2D eigenvalue weighted by Crippen LogP contribution is -2.41. The molecule has 0 aliphatic carbocycles. The molecule has 1 heterocycles. The molecule has 1 aromatic rings. The third-order valence-electron chi connectivity index (χ3n) is 3.20. The zero-order valence-corrected chi connectivity index (χ0v) is 13.0. The van der Waals surface area contributed by atoms with Crippen LogP contribution < -0.4 is 4.74 Å². The second-order valence-electron chi connectivity index (χ2n) is 4.57. The average Bonchev–Trinajstić information content (AvgIpc) is 2.50. The molecular weight excluding hydrogens is 290 g/mol. The minimum Gasteiger partial charge on any atom is -0.497 e. The van der Waals surface area contributed by atoms with Crippen molar-refractivity contribution in [2.24, 2.45) is 0 Å². The SMILES string of the molecule is CCOC(=O)CN1C(=O)CCSC1c1ccc(OC)cc1. The summed E-state index contributed by atoms with van der Waals surface area (Å²) in [5.41, 5.74) is 0.984. The Kier molecular flexibility index (Phi) is 5.50. The molecular formula is C15H19NO4S. The van der Waals surface area contributed by atoms with E-state index in [1.807, 2.05) is 24.3 Å². The topological polar surface area (TPSA) is 55.8 Å². The summed E-state index contributed by atoms with van der Waals surface area (Å²) in [5.74, 6) is 1.15. The number of hydrogen-bond acceptors (Lipinski definition) is 5. The Bertz CT molecular complexity index is 503. The summed E-state index contributed by atoms with van der Waals surface area (Å²) < 4.78 is 10.1. The van der Waals surface area contributed by atoms with Gasteiger partial charge >= 0.3 is 5.97 Å². The van der Waals surface area contributed by atoms with Crippen LogP contribution in [0.4, 0.5) is 0 Å². The van der Waals surface area contributed by atoms with Crippen molar-refractivity contribution in [3.8, 4) is 5.75 Å². The second kappa shape index (κ2) is 7.36. The molecule has 0 N–H and O–H groups in total. The summed E-state index contributed by atoms with van der Waals surface area (Å²) in [6.07, 6.45) is 0.455. The van der Waals surface area contributed by atoms with Gasteiger partial charge in [-0.1, -0.05) is 12.1 Å². The number of hydrogen-bond donors (Lipinski definition) is 0. The van der Waals surface area contributed by atoms with Crippen LogP contribution in [0.1, 0.15) is 24.3 Å². The molecule has 1 aliphatic heterocycles. The van der Waals surface area contributed by atoms with Gasteiger partial charge in [0.2, 0.25) is 5.91 Å². The van der Waals surface area contributed by atoms with E-state index in [-0.39, 0.29) is 23.8 Å². The summed E-state index contributed by atoms with van der Waals surface area (Å²) in [4.78, 5) is 25.4. The zero-order valence-electron chi connectivity index (χ0n) is 12.2. The first kappa shape index (κ1) is 15.7. The van der Waals surface area contributed by atoms with Gasteiger partial charge in [0.1, 0.15) is 17.7 Å². The summed E-state index contributed by atoms with van der Waals surface area (Å²) in [7, 11) is 1.61. The van der Waals surface area contributed by atoms with Crippen LogP contribution in [0, 0.1) is 0 Å². The molecule has 1 amide bonds. The number of thioether (sulfide) groups is 1. The Balaban J connectivity index is 2.16. The zero-order chi connectivity index (χ0) is 15.2. The molecule has 1 aliphatic rings. The van der Waals surface area contributed by atoms with E-state index < -0.39 is 0 Å². The summed E-state index contributed by atoms with van der Waals surface area (Å²) in [6, 6.07) is 7.57. The highest BCUT2D eigenvalue weighted by Crippen LogP contribution is 2.37. The van der Waals surface area contributed by atoms with Crippen molar-refractivity contribution in [1.29, 1.82) is 0 Å². The quantitative estimate of drug-likeness (QED) is 0.781. The van der Waals surface area contributed by atoms with Gasteiger partial charge in [0.15, 0.2) is 0 Å². The molecule has 6 heteroatoms.